The summed E-state index contributed by atoms with van der Waals surface area (Å²) in [5, 5.41) is 0. The summed E-state index contributed by atoms with van der Waals surface area (Å²) in [4.78, 5) is 0. The standard InChI is InChI=1S/C13H10O2/c1-9-5-4-8-12-13(9)15-11-7-3-2-6-10(11)14-12/h1-8,10-11H. The Morgan fingerprint density at radius 3 is 2.53 bits per heavy atom. The van der Waals surface area contributed by atoms with Crippen LogP contribution in [0.4, 0.5) is 0 Å². The zero-order valence-corrected chi connectivity index (χ0v) is 8.09. The van der Waals surface area contributed by atoms with E-state index in [-0.39, 0.29) is 12.2 Å². The highest BCUT2D eigenvalue weighted by atomic mass is 16.6. The van der Waals surface area contributed by atoms with Crippen molar-refractivity contribution in [2.45, 2.75) is 12.2 Å². The molecule has 1 aromatic carbocycles. The molecule has 2 radical (unpaired) electrons. The van der Waals surface area contributed by atoms with Gasteiger partial charge in [-0.05, 0) is 18.2 Å². The number of para-hydroxylation sites is 1. The highest BCUT2D eigenvalue weighted by molar-refractivity contribution is 5.50. The van der Waals surface area contributed by atoms with E-state index >= 15 is 0 Å². The summed E-state index contributed by atoms with van der Waals surface area (Å²) in [7, 11) is 0. The summed E-state index contributed by atoms with van der Waals surface area (Å²) >= 11 is 0. The number of rotatable bonds is 0. The Hall–Kier alpha value is -1.70. The fraction of sp³-hybridized carbons (Fsp3) is 0.154. The third-order valence-electron chi connectivity index (χ3n) is 2.56. The summed E-state index contributed by atoms with van der Waals surface area (Å²) in [6.07, 6.45) is 7.77. The van der Waals surface area contributed by atoms with Gasteiger partial charge in [0.1, 0.15) is 0 Å². The molecule has 0 N–H and O–H groups in total. The minimum atomic E-state index is -0.0628. The predicted molar refractivity (Wildman–Crippen MR) is 57.0 cm³/mol. The van der Waals surface area contributed by atoms with Gasteiger partial charge in [0.25, 0.3) is 0 Å². The lowest BCUT2D eigenvalue weighted by atomic mass is 10.1. The molecule has 2 unspecified atom stereocenters. The first-order valence-electron chi connectivity index (χ1n) is 4.91. The first-order valence-corrected chi connectivity index (χ1v) is 4.91. The molecule has 1 aromatic rings. The van der Waals surface area contributed by atoms with Crippen LogP contribution in [-0.4, -0.2) is 12.2 Å². The molecule has 2 heteroatoms. The van der Waals surface area contributed by atoms with E-state index in [0.717, 1.165) is 5.75 Å². The number of allylic oxidation sites excluding steroid dienone is 2. The zero-order valence-electron chi connectivity index (χ0n) is 8.09. The molecule has 0 spiro atoms. The maximum atomic E-state index is 5.82. The fourth-order valence-corrected chi connectivity index (χ4v) is 1.81. The van der Waals surface area contributed by atoms with Gasteiger partial charge in [0.05, 0.1) is 0 Å². The monoisotopic (exact) mass is 198 g/mol. The van der Waals surface area contributed by atoms with E-state index in [2.05, 4.69) is 0 Å². The van der Waals surface area contributed by atoms with Crippen molar-refractivity contribution >= 4 is 0 Å². The summed E-state index contributed by atoms with van der Waals surface area (Å²) in [6, 6.07) is 5.54. The number of ether oxygens (including phenoxy) is 2. The SMILES string of the molecule is [CH]c1cccc2c1OC1C=CC=CC1O2. The zero-order chi connectivity index (χ0) is 10.3. The molecule has 2 nitrogen and oxygen atoms in total. The van der Waals surface area contributed by atoms with E-state index in [1.54, 1.807) is 0 Å². The van der Waals surface area contributed by atoms with Crippen molar-refractivity contribution in [2.75, 3.05) is 0 Å². The number of fused-ring (bicyclic) bond motifs is 2. The van der Waals surface area contributed by atoms with Crippen molar-refractivity contribution in [1.82, 2.24) is 0 Å². The summed E-state index contributed by atoms with van der Waals surface area (Å²) in [5.74, 6) is 1.37. The molecule has 0 aromatic heterocycles. The van der Waals surface area contributed by atoms with Gasteiger partial charge in [0.15, 0.2) is 23.7 Å². The Morgan fingerprint density at radius 2 is 1.73 bits per heavy atom. The molecule has 15 heavy (non-hydrogen) atoms. The van der Waals surface area contributed by atoms with Crippen LogP contribution in [0.5, 0.6) is 11.5 Å². The second-order valence-electron chi connectivity index (χ2n) is 3.61. The van der Waals surface area contributed by atoms with Gasteiger partial charge < -0.3 is 9.47 Å². The van der Waals surface area contributed by atoms with E-state index in [1.165, 1.54) is 0 Å². The van der Waals surface area contributed by atoms with Gasteiger partial charge in [0, 0.05) is 12.5 Å². The van der Waals surface area contributed by atoms with Gasteiger partial charge in [-0.3, -0.25) is 0 Å². The lowest BCUT2D eigenvalue weighted by Gasteiger charge is -2.32. The van der Waals surface area contributed by atoms with Gasteiger partial charge in [-0.1, -0.05) is 24.3 Å². The van der Waals surface area contributed by atoms with E-state index in [0.29, 0.717) is 11.3 Å². The van der Waals surface area contributed by atoms with Gasteiger partial charge in [-0.15, -0.1) is 0 Å². The van der Waals surface area contributed by atoms with Crippen molar-refractivity contribution < 1.29 is 9.47 Å². The summed E-state index contributed by atoms with van der Waals surface area (Å²) in [5.41, 5.74) is 0.619. The number of hydrogen-bond donors (Lipinski definition) is 0. The molecule has 0 bridgehead atoms. The van der Waals surface area contributed by atoms with Crippen molar-refractivity contribution in [3.8, 4) is 11.5 Å². The van der Waals surface area contributed by atoms with Crippen molar-refractivity contribution in [2.24, 2.45) is 0 Å². The Balaban J connectivity index is 2.04. The highest BCUT2D eigenvalue weighted by Gasteiger charge is 2.29. The molecular formula is C13H10O2. The normalized spacial score (nSPS) is 26.2. The molecule has 2 aliphatic rings. The average molecular weight is 198 g/mol. The molecule has 0 fully saturated rings. The van der Waals surface area contributed by atoms with E-state index in [9.17, 15) is 0 Å². The van der Waals surface area contributed by atoms with Gasteiger partial charge in [-0.25, -0.2) is 0 Å². The quantitative estimate of drug-likeness (QED) is 0.637. The van der Waals surface area contributed by atoms with Crippen LogP contribution in [0, 0.1) is 6.92 Å². The minimum absolute atomic E-state index is 0.0377. The molecule has 1 aliphatic heterocycles. The van der Waals surface area contributed by atoms with Gasteiger partial charge in [0.2, 0.25) is 0 Å². The average Bonchev–Trinajstić information content (AvgIpc) is 2.27. The second kappa shape index (κ2) is 3.16. The fourth-order valence-electron chi connectivity index (χ4n) is 1.81. The lowest BCUT2D eigenvalue weighted by Crippen LogP contribution is -2.38. The maximum Gasteiger partial charge on any atom is 0.165 e. The molecule has 3 rings (SSSR count). The van der Waals surface area contributed by atoms with Crippen molar-refractivity contribution in [1.29, 1.82) is 0 Å². The minimum Gasteiger partial charge on any atom is -0.478 e. The smallest absolute Gasteiger partial charge is 0.165 e. The van der Waals surface area contributed by atoms with E-state index in [4.69, 9.17) is 16.4 Å². The Labute approximate surface area is 88.8 Å². The molecule has 0 saturated carbocycles. The Bertz CT molecular complexity index is 446. The molecule has 2 atom stereocenters. The highest BCUT2D eigenvalue weighted by Crippen LogP contribution is 2.37. The lowest BCUT2D eigenvalue weighted by molar-refractivity contribution is 0.0751. The molecule has 0 saturated heterocycles. The molecule has 0 amide bonds. The molecule has 1 heterocycles. The Morgan fingerprint density at radius 1 is 1.00 bits per heavy atom. The second-order valence-corrected chi connectivity index (χ2v) is 3.61. The maximum absolute atomic E-state index is 5.82. The summed E-state index contributed by atoms with van der Waals surface area (Å²) in [6.45, 7) is 5.82. The van der Waals surface area contributed by atoms with Crippen LogP contribution in [0.3, 0.4) is 0 Å². The van der Waals surface area contributed by atoms with Crippen LogP contribution in [0.2, 0.25) is 0 Å². The molecule has 1 aliphatic carbocycles. The third-order valence-corrected chi connectivity index (χ3v) is 2.56. The van der Waals surface area contributed by atoms with Gasteiger partial charge >= 0.3 is 0 Å². The van der Waals surface area contributed by atoms with Crippen molar-refractivity contribution in [3.05, 3.63) is 55.0 Å². The Kier molecular flexibility index (Phi) is 1.81. The van der Waals surface area contributed by atoms with E-state index < -0.39 is 0 Å². The number of hydrogen-bond acceptors (Lipinski definition) is 2. The van der Waals surface area contributed by atoms with Crippen LogP contribution < -0.4 is 9.47 Å². The first-order chi connectivity index (χ1) is 7.34. The van der Waals surface area contributed by atoms with Crippen LogP contribution in [0.25, 0.3) is 0 Å². The van der Waals surface area contributed by atoms with Crippen molar-refractivity contribution in [3.63, 3.8) is 0 Å². The van der Waals surface area contributed by atoms with Crippen LogP contribution in [0.15, 0.2) is 42.5 Å². The van der Waals surface area contributed by atoms with Crippen LogP contribution in [0.1, 0.15) is 5.56 Å². The molecule has 74 valence electrons. The van der Waals surface area contributed by atoms with Crippen LogP contribution in [-0.2, 0) is 0 Å². The third kappa shape index (κ3) is 1.33. The van der Waals surface area contributed by atoms with E-state index in [1.807, 2.05) is 42.5 Å². The molecular weight excluding hydrogens is 188 g/mol. The topological polar surface area (TPSA) is 18.5 Å². The first kappa shape index (κ1) is 8.60. The summed E-state index contributed by atoms with van der Waals surface area (Å²) < 4.78 is 11.6. The van der Waals surface area contributed by atoms with Crippen LogP contribution >= 0.6 is 0 Å². The predicted octanol–water partition coefficient (Wildman–Crippen LogP) is 2.38. The van der Waals surface area contributed by atoms with Gasteiger partial charge in [-0.2, -0.15) is 0 Å². The largest absolute Gasteiger partial charge is 0.478 e. The number of benzene rings is 1.